The van der Waals surface area contributed by atoms with Crippen LogP contribution < -0.4 is 14.8 Å². The first-order valence-electron chi connectivity index (χ1n) is 6.41. The lowest BCUT2D eigenvalue weighted by molar-refractivity contribution is 0.102. The van der Waals surface area contributed by atoms with E-state index in [1.165, 1.54) is 14.2 Å². The summed E-state index contributed by atoms with van der Waals surface area (Å²) in [6.45, 7) is -0.0772. The lowest BCUT2D eigenvalue weighted by Crippen LogP contribution is -2.13. The zero-order valence-electron chi connectivity index (χ0n) is 11.9. The van der Waals surface area contributed by atoms with Crippen molar-refractivity contribution in [3.8, 4) is 11.5 Å². The first-order valence-corrected chi connectivity index (χ1v) is 6.41. The standard InChI is InChI=1S/C16H17NO4/c1-20-13-6-7-15(21-2)14(9-13)16(19)17-12-5-3-4-11(8-12)10-18/h3-9,18H,10H2,1-2H3,(H,17,19). The number of carbonyl (C=O) groups excluding carboxylic acids is 1. The minimum absolute atomic E-state index is 0.0772. The van der Waals surface area contributed by atoms with E-state index in [-0.39, 0.29) is 12.5 Å². The van der Waals surface area contributed by atoms with Crippen molar-refractivity contribution >= 4 is 11.6 Å². The van der Waals surface area contributed by atoms with Gasteiger partial charge in [-0.2, -0.15) is 0 Å². The molecule has 5 nitrogen and oxygen atoms in total. The van der Waals surface area contributed by atoms with Crippen molar-refractivity contribution in [1.82, 2.24) is 0 Å². The van der Waals surface area contributed by atoms with E-state index in [0.29, 0.717) is 22.7 Å². The fourth-order valence-corrected chi connectivity index (χ4v) is 1.94. The predicted molar refractivity (Wildman–Crippen MR) is 79.9 cm³/mol. The summed E-state index contributed by atoms with van der Waals surface area (Å²) in [5, 5.41) is 11.9. The lowest BCUT2D eigenvalue weighted by Gasteiger charge is -2.11. The summed E-state index contributed by atoms with van der Waals surface area (Å²) in [4.78, 5) is 12.4. The summed E-state index contributed by atoms with van der Waals surface area (Å²) in [5.74, 6) is 0.734. The normalized spacial score (nSPS) is 10.0. The van der Waals surface area contributed by atoms with Crippen molar-refractivity contribution in [2.24, 2.45) is 0 Å². The van der Waals surface area contributed by atoms with Crippen molar-refractivity contribution in [3.63, 3.8) is 0 Å². The second-order valence-electron chi connectivity index (χ2n) is 4.38. The minimum atomic E-state index is -0.305. The molecule has 2 aromatic carbocycles. The summed E-state index contributed by atoms with van der Waals surface area (Å²) < 4.78 is 10.3. The number of aliphatic hydroxyl groups is 1. The molecule has 0 saturated carbocycles. The molecule has 0 aliphatic carbocycles. The molecule has 0 heterocycles. The van der Waals surface area contributed by atoms with E-state index in [1.54, 1.807) is 42.5 Å². The number of carbonyl (C=O) groups is 1. The molecule has 0 aromatic heterocycles. The van der Waals surface area contributed by atoms with E-state index in [0.717, 1.165) is 5.56 Å². The molecule has 0 radical (unpaired) electrons. The van der Waals surface area contributed by atoms with Gasteiger partial charge in [-0.05, 0) is 35.9 Å². The number of nitrogens with one attached hydrogen (secondary N) is 1. The van der Waals surface area contributed by atoms with Gasteiger partial charge in [-0.1, -0.05) is 12.1 Å². The molecule has 0 fully saturated rings. The predicted octanol–water partition coefficient (Wildman–Crippen LogP) is 2.45. The molecule has 0 aliphatic rings. The Morgan fingerprint density at radius 1 is 1.14 bits per heavy atom. The van der Waals surface area contributed by atoms with Crippen molar-refractivity contribution in [2.75, 3.05) is 19.5 Å². The second-order valence-corrected chi connectivity index (χ2v) is 4.38. The van der Waals surface area contributed by atoms with Gasteiger partial charge in [0.15, 0.2) is 0 Å². The fourth-order valence-electron chi connectivity index (χ4n) is 1.94. The van der Waals surface area contributed by atoms with E-state index in [1.807, 2.05) is 0 Å². The number of amides is 1. The van der Waals surface area contributed by atoms with E-state index in [4.69, 9.17) is 14.6 Å². The average Bonchev–Trinajstić information content (AvgIpc) is 2.54. The first-order chi connectivity index (χ1) is 10.2. The van der Waals surface area contributed by atoms with Crippen molar-refractivity contribution in [2.45, 2.75) is 6.61 Å². The van der Waals surface area contributed by atoms with Crippen LogP contribution in [-0.2, 0) is 6.61 Å². The van der Waals surface area contributed by atoms with Crippen LogP contribution in [0.1, 0.15) is 15.9 Å². The lowest BCUT2D eigenvalue weighted by atomic mass is 10.1. The van der Waals surface area contributed by atoms with Gasteiger partial charge in [0.2, 0.25) is 0 Å². The molecule has 2 N–H and O–H groups in total. The maximum absolute atomic E-state index is 12.4. The van der Waals surface area contributed by atoms with Gasteiger partial charge in [0.25, 0.3) is 5.91 Å². The molecule has 2 rings (SSSR count). The fraction of sp³-hybridized carbons (Fsp3) is 0.188. The number of rotatable bonds is 5. The average molecular weight is 287 g/mol. The van der Waals surface area contributed by atoms with Crippen LogP contribution in [0, 0.1) is 0 Å². The minimum Gasteiger partial charge on any atom is -0.497 e. The molecule has 2 aromatic rings. The van der Waals surface area contributed by atoms with E-state index < -0.39 is 0 Å². The Bertz CT molecular complexity index is 640. The molecule has 0 spiro atoms. The van der Waals surface area contributed by atoms with Crippen LogP contribution in [0.25, 0.3) is 0 Å². The Morgan fingerprint density at radius 2 is 1.95 bits per heavy atom. The number of hydrogen-bond donors (Lipinski definition) is 2. The van der Waals surface area contributed by atoms with E-state index in [9.17, 15) is 4.79 Å². The van der Waals surface area contributed by atoms with Crippen LogP contribution in [0.4, 0.5) is 5.69 Å². The number of aliphatic hydroxyl groups excluding tert-OH is 1. The summed E-state index contributed by atoms with van der Waals surface area (Å²) in [6, 6.07) is 12.0. The third kappa shape index (κ3) is 3.52. The van der Waals surface area contributed by atoms with Crippen LogP contribution >= 0.6 is 0 Å². The van der Waals surface area contributed by atoms with Gasteiger partial charge in [0.05, 0.1) is 26.4 Å². The third-order valence-electron chi connectivity index (χ3n) is 3.02. The number of methoxy groups -OCH3 is 2. The van der Waals surface area contributed by atoms with Crippen LogP contribution in [0.2, 0.25) is 0 Å². The number of anilines is 1. The number of ether oxygens (including phenoxy) is 2. The van der Waals surface area contributed by atoms with E-state index in [2.05, 4.69) is 5.32 Å². The quantitative estimate of drug-likeness (QED) is 0.886. The highest BCUT2D eigenvalue weighted by Crippen LogP contribution is 2.25. The second kappa shape index (κ2) is 6.76. The Morgan fingerprint density at radius 3 is 2.62 bits per heavy atom. The highest BCUT2D eigenvalue weighted by atomic mass is 16.5. The largest absolute Gasteiger partial charge is 0.497 e. The molecular weight excluding hydrogens is 270 g/mol. The smallest absolute Gasteiger partial charge is 0.259 e. The van der Waals surface area contributed by atoms with Crippen LogP contribution in [-0.4, -0.2) is 25.2 Å². The van der Waals surface area contributed by atoms with Gasteiger partial charge in [-0.25, -0.2) is 0 Å². The van der Waals surface area contributed by atoms with E-state index >= 15 is 0 Å². The molecule has 0 bridgehead atoms. The van der Waals surface area contributed by atoms with Crippen molar-refractivity contribution in [3.05, 3.63) is 53.6 Å². The summed E-state index contributed by atoms with van der Waals surface area (Å²) in [7, 11) is 3.04. The van der Waals surface area contributed by atoms with Crippen molar-refractivity contribution < 1.29 is 19.4 Å². The summed E-state index contributed by atoms with van der Waals surface area (Å²) >= 11 is 0. The molecule has 5 heteroatoms. The Kier molecular flexibility index (Phi) is 4.79. The monoisotopic (exact) mass is 287 g/mol. The zero-order valence-corrected chi connectivity index (χ0v) is 11.9. The molecular formula is C16H17NO4. The molecule has 21 heavy (non-hydrogen) atoms. The highest BCUT2D eigenvalue weighted by molar-refractivity contribution is 6.06. The molecule has 110 valence electrons. The Hall–Kier alpha value is -2.53. The van der Waals surface area contributed by atoms with Crippen LogP contribution in [0.5, 0.6) is 11.5 Å². The maximum Gasteiger partial charge on any atom is 0.259 e. The molecule has 0 saturated heterocycles. The van der Waals surface area contributed by atoms with Crippen LogP contribution in [0.3, 0.4) is 0 Å². The van der Waals surface area contributed by atoms with Crippen molar-refractivity contribution in [1.29, 1.82) is 0 Å². The summed E-state index contributed by atoms with van der Waals surface area (Å²) in [5.41, 5.74) is 1.72. The molecule has 0 unspecified atom stereocenters. The summed E-state index contributed by atoms with van der Waals surface area (Å²) in [6.07, 6.45) is 0. The molecule has 0 atom stereocenters. The SMILES string of the molecule is COc1ccc(OC)c(C(=O)Nc2cccc(CO)c2)c1. The molecule has 0 aliphatic heterocycles. The van der Waals surface area contributed by atoms with Gasteiger partial charge < -0.3 is 19.9 Å². The van der Waals surface area contributed by atoms with Gasteiger partial charge in [0, 0.05) is 5.69 Å². The topological polar surface area (TPSA) is 67.8 Å². The van der Waals surface area contributed by atoms with Crippen LogP contribution in [0.15, 0.2) is 42.5 Å². The first kappa shape index (κ1) is 14.9. The Labute approximate surface area is 123 Å². The zero-order chi connectivity index (χ0) is 15.2. The van der Waals surface area contributed by atoms with Gasteiger partial charge >= 0.3 is 0 Å². The third-order valence-corrected chi connectivity index (χ3v) is 3.02. The number of benzene rings is 2. The van der Waals surface area contributed by atoms with Gasteiger partial charge in [-0.3, -0.25) is 4.79 Å². The highest BCUT2D eigenvalue weighted by Gasteiger charge is 2.14. The number of hydrogen-bond acceptors (Lipinski definition) is 4. The molecule has 1 amide bonds. The Balaban J connectivity index is 2.26. The van der Waals surface area contributed by atoms with Gasteiger partial charge in [0.1, 0.15) is 11.5 Å². The van der Waals surface area contributed by atoms with Gasteiger partial charge in [-0.15, -0.1) is 0 Å². The maximum atomic E-state index is 12.4.